The molecule has 0 radical (unpaired) electrons. The Balaban J connectivity index is 1.67. The second-order valence-electron chi connectivity index (χ2n) is 7.35. The predicted octanol–water partition coefficient (Wildman–Crippen LogP) is 5.04. The van der Waals surface area contributed by atoms with Gasteiger partial charge < -0.3 is 14.5 Å². The Morgan fingerprint density at radius 2 is 1.78 bits per heavy atom. The molecule has 1 N–H and O–H groups in total. The fraction of sp³-hybridized carbons (Fsp3) is 0.174. The average Bonchev–Trinajstić information content (AvgIpc) is 3.10. The van der Waals surface area contributed by atoms with E-state index in [1.165, 1.54) is 20.1 Å². The van der Waals surface area contributed by atoms with Gasteiger partial charge in [-0.15, -0.1) is 0 Å². The van der Waals surface area contributed by atoms with Gasteiger partial charge in [-0.2, -0.15) is 0 Å². The summed E-state index contributed by atoms with van der Waals surface area (Å²) in [6.07, 6.45) is 1.03. The van der Waals surface area contributed by atoms with E-state index in [4.69, 9.17) is 20.8 Å². The third-order valence-corrected chi connectivity index (χ3v) is 6.58. The molecule has 4 rings (SSSR count). The van der Waals surface area contributed by atoms with Crippen molar-refractivity contribution in [1.29, 1.82) is 0 Å². The van der Waals surface area contributed by atoms with E-state index < -0.39 is 22.0 Å². The van der Waals surface area contributed by atoms with Gasteiger partial charge in [0.05, 0.1) is 19.1 Å². The Morgan fingerprint density at radius 3 is 2.50 bits per heavy atom. The summed E-state index contributed by atoms with van der Waals surface area (Å²) in [6, 6.07) is 16.5. The number of rotatable bonds is 6. The van der Waals surface area contributed by atoms with Crippen LogP contribution in [0.25, 0.3) is 21.9 Å². The monoisotopic (exact) mass is 472 g/mol. The van der Waals surface area contributed by atoms with Crippen LogP contribution in [0.5, 0.6) is 5.75 Å². The lowest BCUT2D eigenvalue weighted by molar-refractivity contribution is -0.116. The van der Waals surface area contributed by atoms with Crippen molar-refractivity contribution < 1.29 is 22.4 Å². The molecule has 4 aromatic rings. The first-order chi connectivity index (χ1) is 15.2. The van der Waals surface area contributed by atoms with Gasteiger partial charge in [-0.05, 0) is 43.3 Å². The molecule has 0 bridgehead atoms. The largest absolute Gasteiger partial charge is 0.495 e. The summed E-state index contributed by atoms with van der Waals surface area (Å²) in [6.45, 7) is 1.50. The Kier molecular flexibility index (Phi) is 5.75. The first-order valence-electron chi connectivity index (χ1n) is 9.74. The first kappa shape index (κ1) is 22.0. The standard InChI is InChI=1S/C23H21ClN2O5S/c1-14(26(32(3,28)29)19-12-15(24)8-11-21(19)30-2)23(27)25-16-9-10-18-17-6-4-5-7-20(17)31-22(18)13-16/h4-14H,1-3H3,(H,25,27)/t14-/m0/s1. The molecule has 1 amide bonds. The Hall–Kier alpha value is -3.23. The minimum Gasteiger partial charge on any atom is -0.495 e. The molecule has 1 heterocycles. The van der Waals surface area contributed by atoms with E-state index in [-0.39, 0.29) is 11.4 Å². The molecule has 1 atom stereocenters. The number of furan rings is 1. The maximum absolute atomic E-state index is 13.0. The molecule has 32 heavy (non-hydrogen) atoms. The van der Waals surface area contributed by atoms with E-state index in [2.05, 4.69) is 5.32 Å². The Morgan fingerprint density at radius 1 is 1.06 bits per heavy atom. The molecule has 0 aliphatic rings. The number of nitrogens with one attached hydrogen (secondary N) is 1. The number of hydrogen-bond donors (Lipinski definition) is 1. The van der Waals surface area contributed by atoms with Crippen molar-refractivity contribution in [3.8, 4) is 5.75 Å². The lowest BCUT2D eigenvalue weighted by Crippen LogP contribution is -2.45. The van der Waals surface area contributed by atoms with Gasteiger partial charge >= 0.3 is 0 Å². The van der Waals surface area contributed by atoms with Crippen molar-refractivity contribution in [2.75, 3.05) is 23.0 Å². The molecule has 166 valence electrons. The molecule has 9 heteroatoms. The van der Waals surface area contributed by atoms with Gasteiger partial charge in [0.1, 0.15) is 23.0 Å². The minimum atomic E-state index is -3.84. The van der Waals surface area contributed by atoms with E-state index in [1.807, 2.05) is 30.3 Å². The summed E-state index contributed by atoms with van der Waals surface area (Å²) < 4.78 is 37.4. The number of halogens is 1. The van der Waals surface area contributed by atoms with Crippen LogP contribution in [0.1, 0.15) is 6.92 Å². The highest BCUT2D eigenvalue weighted by atomic mass is 35.5. The van der Waals surface area contributed by atoms with E-state index in [1.54, 1.807) is 24.3 Å². The van der Waals surface area contributed by atoms with E-state index in [9.17, 15) is 13.2 Å². The molecular formula is C23H21ClN2O5S. The number of carbonyl (C=O) groups is 1. The summed E-state index contributed by atoms with van der Waals surface area (Å²) in [4.78, 5) is 13.0. The number of anilines is 2. The molecule has 0 spiro atoms. The van der Waals surface area contributed by atoms with Crippen molar-refractivity contribution in [1.82, 2.24) is 0 Å². The lowest BCUT2D eigenvalue weighted by Gasteiger charge is -2.29. The summed E-state index contributed by atoms with van der Waals surface area (Å²) >= 11 is 6.08. The number of carbonyl (C=O) groups excluding carboxylic acids is 1. The summed E-state index contributed by atoms with van der Waals surface area (Å²) in [5.74, 6) is -0.240. The zero-order valence-corrected chi connectivity index (χ0v) is 19.2. The maximum Gasteiger partial charge on any atom is 0.247 e. The van der Waals surface area contributed by atoms with Gasteiger partial charge in [0.15, 0.2) is 0 Å². The zero-order valence-electron chi connectivity index (χ0n) is 17.6. The summed E-state index contributed by atoms with van der Waals surface area (Å²) in [7, 11) is -2.42. The number of hydrogen-bond acceptors (Lipinski definition) is 5. The van der Waals surface area contributed by atoms with Gasteiger partial charge in [0.25, 0.3) is 0 Å². The van der Waals surface area contributed by atoms with Crippen LogP contribution in [0.15, 0.2) is 65.1 Å². The van der Waals surface area contributed by atoms with Crippen LogP contribution in [-0.2, 0) is 14.8 Å². The SMILES string of the molecule is COc1ccc(Cl)cc1N([C@@H](C)C(=O)Nc1ccc2c(c1)oc1ccccc12)S(C)(=O)=O. The number of amides is 1. The van der Waals surface area contributed by atoms with Crippen molar-refractivity contribution in [3.05, 3.63) is 65.7 Å². The highest BCUT2D eigenvalue weighted by Crippen LogP contribution is 2.35. The van der Waals surface area contributed by atoms with Crippen molar-refractivity contribution in [2.45, 2.75) is 13.0 Å². The number of para-hydroxylation sites is 1. The van der Waals surface area contributed by atoms with E-state index in [0.717, 1.165) is 26.9 Å². The van der Waals surface area contributed by atoms with Gasteiger partial charge in [-0.1, -0.05) is 29.8 Å². The molecule has 0 saturated carbocycles. The molecule has 0 aliphatic heterocycles. The Labute approximate surface area is 190 Å². The number of nitrogens with zero attached hydrogens (tertiary/aromatic N) is 1. The second kappa shape index (κ2) is 8.37. The molecule has 0 unspecified atom stereocenters. The molecule has 0 aliphatic carbocycles. The third-order valence-electron chi connectivity index (χ3n) is 5.11. The van der Waals surface area contributed by atoms with Crippen LogP contribution < -0.4 is 14.4 Å². The van der Waals surface area contributed by atoms with E-state index in [0.29, 0.717) is 16.3 Å². The fourth-order valence-electron chi connectivity index (χ4n) is 3.67. The molecule has 3 aromatic carbocycles. The molecule has 0 saturated heterocycles. The fourth-order valence-corrected chi connectivity index (χ4v) is 5.00. The maximum atomic E-state index is 13.0. The van der Waals surface area contributed by atoms with Crippen LogP contribution in [0.4, 0.5) is 11.4 Å². The van der Waals surface area contributed by atoms with Gasteiger partial charge in [-0.3, -0.25) is 9.10 Å². The predicted molar refractivity (Wildman–Crippen MR) is 127 cm³/mol. The number of ether oxygens (including phenoxy) is 1. The average molecular weight is 473 g/mol. The van der Waals surface area contributed by atoms with Gasteiger partial charge in [0, 0.05) is 27.5 Å². The van der Waals surface area contributed by atoms with Crippen LogP contribution in [0, 0.1) is 0 Å². The van der Waals surface area contributed by atoms with Crippen LogP contribution >= 0.6 is 11.6 Å². The smallest absolute Gasteiger partial charge is 0.247 e. The number of sulfonamides is 1. The van der Waals surface area contributed by atoms with Gasteiger partial charge in [0.2, 0.25) is 15.9 Å². The summed E-state index contributed by atoms with van der Waals surface area (Å²) in [5, 5.41) is 4.99. The van der Waals surface area contributed by atoms with Gasteiger partial charge in [-0.25, -0.2) is 8.42 Å². The third kappa shape index (κ3) is 4.11. The molecule has 0 fully saturated rings. The number of methoxy groups -OCH3 is 1. The number of benzene rings is 3. The molecule has 7 nitrogen and oxygen atoms in total. The highest BCUT2D eigenvalue weighted by molar-refractivity contribution is 7.92. The topological polar surface area (TPSA) is 88.8 Å². The van der Waals surface area contributed by atoms with Crippen molar-refractivity contribution in [3.63, 3.8) is 0 Å². The van der Waals surface area contributed by atoms with Crippen molar-refractivity contribution >= 4 is 60.8 Å². The minimum absolute atomic E-state index is 0.179. The zero-order chi connectivity index (χ0) is 23.0. The van der Waals surface area contributed by atoms with E-state index >= 15 is 0 Å². The van der Waals surface area contributed by atoms with Crippen LogP contribution in [0.3, 0.4) is 0 Å². The quantitative estimate of drug-likeness (QED) is 0.424. The number of fused-ring (bicyclic) bond motifs is 3. The first-order valence-corrected chi connectivity index (χ1v) is 12.0. The molecular weight excluding hydrogens is 452 g/mol. The normalized spacial score (nSPS) is 12.6. The lowest BCUT2D eigenvalue weighted by atomic mass is 10.1. The molecule has 1 aromatic heterocycles. The highest BCUT2D eigenvalue weighted by Gasteiger charge is 2.31. The van der Waals surface area contributed by atoms with Crippen molar-refractivity contribution in [2.24, 2.45) is 0 Å². The van der Waals surface area contributed by atoms with Crippen LogP contribution in [0.2, 0.25) is 5.02 Å². The summed E-state index contributed by atoms with van der Waals surface area (Å²) in [5.41, 5.74) is 2.03. The van der Waals surface area contributed by atoms with Crippen LogP contribution in [-0.4, -0.2) is 33.7 Å². The second-order valence-corrected chi connectivity index (χ2v) is 9.65. The Bertz CT molecular complexity index is 1430.